The summed E-state index contributed by atoms with van der Waals surface area (Å²) in [5, 5.41) is 8.89. The van der Waals surface area contributed by atoms with E-state index in [4.69, 9.17) is 4.84 Å². The number of amides is 1. The molecule has 6 nitrogen and oxygen atoms in total. The molecule has 126 valence electrons. The lowest BCUT2D eigenvalue weighted by Crippen LogP contribution is -2.49. The van der Waals surface area contributed by atoms with E-state index in [1.807, 2.05) is 5.38 Å². The Morgan fingerprint density at radius 1 is 1.57 bits per heavy atom. The molecule has 3 rings (SSSR count). The van der Waals surface area contributed by atoms with Gasteiger partial charge >= 0.3 is 0 Å². The molecule has 1 unspecified atom stereocenters. The molecule has 2 aliphatic heterocycles. The second kappa shape index (κ2) is 7.40. The van der Waals surface area contributed by atoms with E-state index in [0.29, 0.717) is 18.7 Å². The van der Waals surface area contributed by atoms with Crippen LogP contribution in [0.5, 0.6) is 0 Å². The fourth-order valence-corrected chi connectivity index (χ4v) is 3.78. The topological polar surface area (TPSA) is 66.8 Å². The number of unbranched alkanes of at least 4 members (excludes halogenated alkanes) is 1. The summed E-state index contributed by atoms with van der Waals surface area (Å²) in [5.74, 6) is -0.138. The van der Waals surface area contributed by atoms with Gasteiger partial charge < -0.3 is 10.2 Å². The second-order valence-corrected chi connectivity index (χ2v) is 7.10. The van der Waals surface area contributed by atoms with Gasteiger partial charge in [-0.25, -0.2) is 4.98 Å². The summed E-state index contributed by atoms with van der Waals surface area (Å²) in [6.45, 7) is 5.75. The van der Waals surface area contributed by atoms with Gasteiger partial charge in [-0.3, -0.25) is 9.69 Å². The lowest BCUT2D eigenvalue weighted by Gasteiger charge is -2.38. The predicted molar refractivity (Wildman–Crippen MR) is 90.4 cm³/mol. The third-order valence-electron chi connectivity index (χ3n) is 4.46. The molecule has 1 amide bonds. The van der Waals surface area contributed by atoms with Crippen LogP contribution in [0.4, 0.5) is 0 Å². The summed E-state index contributed by atoms with van der Waals surface area (Å²) in [4.78, 5) is 24.6. The Labute approximate surface area is 140 Å². The first-order chi connectivity index (χ1) is 11.2. The highest BCUT2D eigenvalue weighted by Crippen LogP contribution is 2.33. The number of hydrogen-bond acceptors (Lipinski definition) is 6. The van der Waals surface area contributed by atoms with Crippen molar-refractivity contribution in [3.8, 4) is 0 Å². The molecule has 7 heteroatoms. The Kier molecular flexibility index (Phi) is 5.27. The van der Waals surface area contributed by atoms with Gasteiger partial charge in [0.05, 0.1) is 17.7 Å². The maximum atomic E-state index is 12.3. The molecule has 0 aromatic carbocycles. The highest BCUT2D eigenvalue weighted by Gasteiger charge is 2.44. The van der Waals surface area contributed by atoms with Crippen LogP contribution >= 0.6 is 11.3 Å². The largest absolute Gasteiger partial charge is 0.387 e. The molecule has 1 fully saturated rings. The monoisotopic (exact) mass is 336 g/mol. The molecule has 1 spiro atoms. The van der Waals surface area contributed by atoms with Crippen molar-refractivity contribution in [2.24, 2.45) is 5.16 Å². The Hall–Kier alpha value is -1.47. The average Bonchev–Trinajstić information content (AvgIpc) is 3.21. The van der Waals surface area contributed by atoms with Crippen LogP contribution in [-0.2, 0) is 16.2 Å². The quantitative estimate of drug-likeness (QED) is 0.864. The molecule has 1 atom stereocenters. The first-order valence-electron chi connectivity index (χ1n) is 8.33. The summed E-state index contributed by atoms with van der Waals surface area (Å²) >= 11 is 1.52. The van der Waals surface area contributed by atoms with Gasteiger partial charge in [-0.15, -0.1) is 11.3 Å². The number of carbonyl (C=O) groups excluding carboxylic acids is 1. The van der Waals surface area contributed by atoms with Crippen LogP contribution in [0.3, 0.4) is 0 Å². The van der Waals surface area contributed by atoms with Crippen LogP contribution in [0, 0.1) is 0 Å². The number of hydrogen-bond donors (Lipinski definition) is 1. The number of piperidine rings is 1. The van der Waals surface area contributed by atoms with Crippen molar-refractivity contribution in [2.45, 2.75) is 51.2 Å². The Bertz CT molecular complexity index is 560. The van der Waals surface area contributed by atoms with E-state index in [1.165, 1.54) is 24.2 Å². The Balaban J connectivity index is 1.51. The number of nitrogens with one attached hydrogen (secondary N) is 1. The van der Waals surface area contributed by atoms with Crippen LogP contribution < -0.4 is 5.32 Å². The first-order valence-corrected chi connectivity index (χ1v) is 9.28. The van der Waals surface area contributed by atoms with Gasteiger partial charge in [0.25, 0.3) is 5.91 Å². The minimum absolute atomic E-state index is 0.138. The number of nitrogens with zero attached hydrogens (tertiary/aromatic N) is 3. The van der Waals surface area contributed by atoms with Crippen LogP contribution in [0.15, 0.2) is 16.0 Å². The van der Waals surface area contributed by atoms with Crippen molar-refractivity contribution < 1.29 is 9.63 Å². The van der Waals surface area contributed by atoms with Crippen LogP contribution in [-0.4, -0.2) is 46.7 Å². The number of oxime groups is 1. The fourth-order valence-electron chi connectivity index (χ4n) is 3.22. The van der Waals surface area contributed by atoms with Gasteiger partial charge in [0, 0.05) is 18.3 Å². The van der Waals surface area contributed by atoms with Crippen molar-refractivity contribution in [2.75, 3.05) is 19.6 Å². The summed E-state index contributed by atoms with van der Waals surface area (Å²) in [6, 6.07) is 0. The molecule has 2 aliphatic rings. The molecule has 1 aromatic rings. The SMILES string of the molecule is CCCCN1CCCC2(CC(C(=O)NCc3cscn3)=NO2)C1. The van der Waals surface area contributed by atoms with Gasteiger partial charge in [-0.2, -0.15) is 0 Å². The van der Waals surface area contributed by atoms with Crippen molar-refractivity contribution in [3.05, 3.63) is 16.6 Å². The highest BCUT2D eigenvalue weighted by atomic mass is 32.1. The zero-order valence-corrected chi connectivity index (χ0v) is 14.4. The summed E-state index contributed by atoms with van der Waals surface area (Å²) in [5.41, 5.74) is 2.86. The van der Waals surface area contributed by atoms with Gasteiger partial charge in [-0.05, 0) is 32.4 Å². The third kappa shape index (κ3) is 4.09. The summed E-state index contributed by atoms with van der Waals surface area (Å²) in [7, 11) is 0. The van der Waals surface area contributed by atoms with Crippen molar-refractivity contribution in [3.63, 3.8) is 0 Å². The number of aromatic nitrogens is 1. The zero-order valence-electron chi connectivity index (χ0n) is 13.6. The van der Waals surface area contributed by atoms with Crippen molar-refractivity contribution in [1.82, 2.24) is 15.2 Å². The molecule has 1 saturated heterocycles. The maximum Gasteiger partial charge on any atom is 0.269 e. The van der Waals surface area contributed by atoms with E-state index >= 15 is 0 Å². The molecule has 1 aromatic heterocycles. The molecular weight excluding hydrogens is 312 g/mol. The van der Waals surface area contributed by atoms with E-state index in [-0.39, 0.29) is 11.5 Å². The summed E-state index contributed by atoms with van der Waals surface area (Å²) < 4.78 is 0. The first kappa shape index (κ1) is 16.4. The number of carbonyl (C=O) groups is 1. The van der Waals surface area contributed by atoms with Crippen LogP contribution in [0.2, 0.25) is 0 Å². The minimum atomic E-state index is -0.292. The van der Waals surface area contributed by atoms with Crippen LogP contribution in [0.1, 0.15) is 44.7 Å². The standard InChI is InChI=1S/C16H24N4O2S/c1-2-3-6-20-7-4-5-16(11-20)8-14(19-22-16)15(21)17-9-13-10-23-12-18-13/h10,12H,2-9,11H2,1H3,(H,17,21). The van der Waals surface area contributed by atoms with Gasteiger partial charge in [0.15, 0.2) is 5.60 Å². The number of likely N-dealkylation sites (tertiary alicyclic amines) is 1. The van der Waals surface area contributed by atoms with E-state index in [1.54, 1.807) is 5.51 Å². The van der Waals surface area contributed by atoms with E-state index in [9.17, 15) is 4.79 Å². The lowest BCUT2D eigenvalue weighted by atomic mass is 9.88. The molecule has 1 N–H and O–H groups in total. The van der Waals surface area contributed by atoms with Gasteiger partial charge in [-0.1, -0.05) is 18.5 Å². The molecular formula is C16H24N4O2S. The molecule has 0 radical (unpaired) electrons. The summed E-state index contributed by atoms with van der Waals surface area (Å²) in [6.07, 6.45) is 5.09. The van der Waals surface area contributed by atoms with Gasteiger partial charge in [0.1, 0.15) is 5.71 Å². The zero-order chi connectivity index (χ0) is 16.1. The molecule has 0 bridgehead atoms. The van der Waals surface area contributed by atoms with E-state index in [0.717, 1.165) is 38.2 Å². The Morgan fingerprint density at radius 2 is 2.48 bits per heavy atom. The van der Waals surface area contributed by atoms with Gasteiger partial charge in [0.2, 0.25) is 0 Å². The predicted octanol–water partition coefficient (Wildman–Crippen LogP) is 2.17. The van der Waals surface area contributed by atoms with Crippen molar-refractivity contribution in [1.29, 1.82) is 0 Å². The third-order valence-corrected chi connectivity index (χ3v) is 5.10. The second-order valence-electron chi connectivity index (χ2n) is 6.38. The van der Waals surface area contributed by atoms with Crippen LogP contribution in [0.25, 0.3) is 0 Å². The molecule has 0 saturated carbocycles. The maximum absolute atomic E-state index is 12.3. The normalized spacial score (nSPS) is 24.5. The average molecular weight is 336 g/mol. The highest BCUT2D eigenvalue weighted by molar-refractivity contribution is 7.07. The molecule has 3 heterocycles. The smallest absolute Gasteiger partial charge is 0.269 e. The lowest BCUT2D eigenvalue weighted by molar-refractivity contribution is -0.115. The Morgan fingerprint density at radius 3 is 3.26 bits per heavy atom. The molecule has 0 aliphatic carbocycles. The van der Waals surface area contributed by atoms with E-state index in [2.05, 4.69) is 27.3 Å². The molecule has 23 heavy (non-hydrogen) atoms. The van der Waals surface area contributed by atoms with Crippen molar-refractivity contribution >= 4 is 23.0 Å². The fraction of sp³-hybridized carbons (Fsp3) is 0.688. The minimum Gasteiger partial charge on any atom is -0.387 e. The number of thiazole rings is 1. The number of rotatable bonds is 6. The van der Waals surface area contributed by atoms with E-state index < -0.39 is 0 Å².